The Balaban J connectivity index is 2.18. The number of hydrogen-bond acceptors (Lipinski definition) is 5. The van der Waals surface area contributed by atoms with Crippen LogP contribution >= 0.6 is 11.3 Å². The quantitative estimate of drug-likeness (QED) is 0.901. The maximum absolute atomic E-state index is 8.69. The number of nitrogens with zero attached hydrogens (tertiary/aromatic N) is 3. The summed E-state index contributed by atoms with van der Waals surface area (Å²) in [7, 11) is 0. The molecular formula is C12H12N4S. The summed E-state index contributed by atoms with van der Waals surface area (Å²) in [5, 5.41) is 14.9. The zero-order valence-electron chi connectivity index (χ0n) is 9.64. The van der Waals surface area contributed by atoms with Crippen LogP contribution in [0.25, 0.3) is 0 Å². The first-order valence-electron chi connectivity index (χ1n) is 5.16. The van der Waals surface area contributed by atoms with Gasteiger partial charge in [-0.05, 0) is 26.0 Å². The van der Waals surface area contributed by atoms with Crippen LogP contribution < -0.4 is 5.32 Å². The Morgan fingerprint density at radius 1 is 1.35 bits per heavy atom. The lowest BCUT2D eigenvalue weighted by molar-refractivity contribution is 0.601. The van der Waals surface area contributed by atoms with E-state index in [4.69, 9.17) is 5.26 Å². The molecule has 4 nitrogen and oxygen atoms in total. The van der Waals surface area contributed by atoms with Crippen molar-refractivity contribution < 1.29 is 0 Å². The van der Waals surface area contributed by atoms with Crippen LogP contribution in [0.15, 0.2) is 29.9 Å². The number of aromatic nitrogens is 2. The van der Waals surface area contributed by atoms with Crippen LogP contribution in [-0.2, 0) is 5.54 Å². The van der Waals surface area contributed by atoms with Gasteiger partial charge in [-0.2, -0.15) is 5.26 Å². The number of thiazole rings is 1. The Labute approximate surface area is 104 Å². The Hall–Kier alpha value is -1.93. The highest BCUT2D eigenvalue weighted by molar-refractivity contribution is 7.09. The highest BCUT2D eigenvalue weighted by Crippen LogP contribution is 2.26. The molecule has 86 valence electrons. The maximum Gasteiger partial charge on any atom is 0.126 e. The van der Waals surface area contributed by atoms with Gasteiger partial charge in [0.05, 0.1) is 11.1 Å². The first-order chi connectivity index (χ1) is 8.12. The number of nitrogens with one attached hydrogen (secondary N) is 1. The molecule has 5 heteroatoms. The minimum atomic E-state index is -0.269. The van der Waals surface area contributed by atoms with Crippen molar-refractivity contribution in [3.05, 3.63) is 40.5 Å². The minimum Gasteiger partial charge on any atom is -0.359 e. The molecular weight excluding hydrogens is 232 g/mol. The normalized spacial score (nSPS) is 10.9. The molecule has 0 spiro atoms. The predicted octanol–water partition coefficient (Wildman–Crippen LogP) is 2.76. The van der Waals surface area contributed by atoms with Crippen LogP contribution in [0.3, 0.4) is 0 Å². The van der Waals surface area contributed by atoms with Crippen LogP contribution in [0.5, 0.6) is 0 Å². The van der Waals surface area contributed by atoms with Crippen molar-refractivity contribution in [2.24, 2.45) is 0 Å². The number of pyridine rings is 1. The molecule has 17 heavy (non-hydrogen) atoms. The summed E-state index contributed by atoms with van der Waals surface area (Å²) in [6, 6.07) is 5.59. The Morgan fingerprint density at radius 3 is 2.71 bits per heavy atom. The second kappa shape index (κ2) is 4.52. The third-order valence-electron chi connectivity index (χ3n) is 2.30. The van der Waals surface area contributed by atoms with E-state index < -0.39 is 0 Å². The fraction of sp³-hybridized carbons (Fsp3) is 0.250. The SMILES string of the molecule is CC(C)(Nc1ccc(C#N)cn1)c1nccs1. The van der Waals surface area contributed by atoms with Gasteiger partial charge < -0.3 is 5.32 Å². The van der Waals surface area contributed by atoms with Gasteiger partial charge in [0, 0.05) is 17.8 Å². The maximum atomic E-state index is 8.69. The van der Waals surface area contributed by atoms with E-state index in [1.54, 1.807) is 35.9 Å². The molecule has 2 heterocycles. The fourth-order valence-corrected chi connectivity index (χ4v) is 2.16. The van der Waals surface area contributed by atoms with Crippen LogP contribution in [0.4, 0.5) is 5.82 Å². The van der Waals surface area contributed by atoms with Gasteiger partial charge in [0.2, 0.25) is 0 Å². The third-order valence-corrected chi connectivity index (χ3v) is 3.40. The van der Waals surface area contributed by atoms with Gasteiger partial charge in [-0.15, -0.1) is 11.3 Å². The van der Waals surface area contributed by atoms with Crippen molar-refractivity contribution in [3.8, 4) is 6.07 Å². The zero-order chi connectivity index (χ0) is 12.3. The van der Waals surface area contributed by atoms with Crippen LogP contribution in [-0.4, -0.2) is 9.97 Å². The Bertz CT molecular complexity index is 523. The minimum absolute atomic E-state index is 0.269. The van der Waals surface area contributed by atoms with E-state index in [1.807, 2.05) is 25.3 Å². The van der Waals surface area contributed by atoms with E-state index in [2.05, 4.69) is 15.3 Å². The van der Waals surface area contributed by atoms with Crippen molar-refractivity contribution in [1.29, 1.82) is 5.26 Å². The van der Waals surface area contributed by atoms with E-state index in [-0.39, 0.29) is 5.54 Å². The lowest BCUT2D eigenvalue weighted by Crippen LogP contribution is -2.28. The molecule has 0 radical (unpaired) electrons. The monoisotopic (exact) mass is 244 g/mol. The molecule has 0 saturated carbocycles. The van der Waals surface area contributed by atoms with Gasteiger partial charge in [-0.25, -0.2) is 9.97 Å². The van der Waals surface area contributed by atoms with Crippen molar-refractivity contribution in [2.45, 2.75) is 19.4 Å². The largest absolute Gasteiger partial charge is 0.359 e. The van der Waals surface area contributed by atoms with Gasteiger partial charge in [0.15, 0.2) is 0 Å². The number of anilines is 1. The van der Waals surface area contributed by atoms with Gasteiger partial charge in [-0.3, -0.25) is 0 Å². The fourth-order valence-electron chi connectivity index (χ4n) is 1.44. The van der Waals surface area contributed by atoms with Gasteiger partial charge >= 0.3 is 0 Å². The predicted molar refractivity (Wildman–Crippen MR) is 67.7 cm³/mol. The summed E-state index contributed by atoms with van der Waals surface area (Å²) in [4.78, 5) is 8.48. The molecule has 0 aliphatic heterocycles. The van der Waals surface area contributed by atoms with Gasteiger partial charge in [0.1, 0.15) is 16.9 Å². The lowest BCUT2D eigenvalue weighted by atomic mass is 10.1. The Morgan fingerprint density at radius 2 is 2.18 bits per heavy atom. The van der Waals surface area contributed by atoms with E-state index in [9.17, 15) is 0 Å². The summed E-state index contributed by atoms with van der Waals surface area (Å²) in [5.41, 5.74) is 0.289. The highest BCUT2D eigenvalue weighted by atomic mass is 32.1. The second-order valence-corrected chi connectivity index (χ2v) is 5.03. The van der Waals surface area contributed by atoms with Gasteiger partial charge in [0.25, 0.3) is 0 Å². The molecule has 2 aromatic rings. The average Bonchev–Trinajstić information content (AvgIpc) is 2.84. The van der Waals surface area contributed by atoms with Crippen LogP contribution in [0.2, 0.25) is 0 Å². The summed E-state index contributed by atoms with van der Waals surface area (Å²) >= 11 is 1.60. The topological polar surface area (TPSA) is 61.6 Å². The third kappa shape index (κ3) is 2.60. The van der Waals surface area contributed by atoms with E-state index in [1.165, 1.54) is 0 Å². The van der Waals surface area contributed by atoms with Crippen molar-refractivity contribution in [2.75, 3.05) is 5.32 Å². The molecule has 1 N–H and O–H groups in total. The number of rotatable bonds is 3. The van der Waals surface area contributed by atoms with E-state index in [0.717, 1.165) is 10.8 Å². The van der Waals surface area contributed by atoms with Crippen molar-refractivity contribution in [1.82, 2.24) is 9.97 Å². The molecule has 0 aliphatic carbocycles. The highest BCUT2D eigenvalue weighted by Gasteiger charge is 2.23. The molecule has 0 fully saturated rings. The van der Waals surface area contributed by atoms with Gasteiger partial charge in [-0.1, -0.05) is 0 Å². The first-order valence-corrected chi connectivity index (χ1v) is 6.04. The summed E-state index contributed by atoms with van der Waals surface area (Å²) in [6.45, 7) is 4.09. The van der Waals surface area contributed by atoms with Crippen LogP contribution in [0, 0.1) is 11.3 Å². The molecule has 0 bridgehead atoms. The summed E-state index contributed by atoms with van der Waals surface area (Å²) in [5.74, 6) is 0.740. The second-order valence-electron chi connectivity index (χ2n) is 4.13. The number of nitriles is 1. The van der Waals surface area contributed by atoms with Crippen molar-refractivity contribution in [3.63, 3.8) is 0 Å². The number of hydrogen-bond donors (Lipinski definition) is 1. The molecule has 0 aliphatic rings. The molecule has 0 aromatic carbocycles. The standard InChI is InChI=1S/C12H12N4S/c1-12(2,11-14-5-6-17-11)16-10-4-3-9(7-13)8-15-10/h3-6,8H,1-2H3,(H,15,16). The average molecular weight is 244 g/mol. The van der Waals surface area contributed by atoms with Crippen molar-refractivity contribution >= 4 is 17.2 Å². The summed E-state index contributed by atoms with van der Waals surface area (Å²) in [6.07, 6.45) is 3.34. The van der Waals surface area contributed by atoms with Crippen LogP contribution in [0.1, 0.15) is 24.4 Å². The zero-order valence-corrected chi connectivity index (χ0v) is 10.5. The molecule has 0 amide bonds. The smallest absolute Gasteiger partial charge is 0.126 e. The summed E-state index contributed by atoms with van der Waals surface area (Å²) < 4.78 is 0. The Kier molecular flexibility index (Phi) is 3.07. The first kappa shape index (κ1) is 11.6. The molecule has 0 unspecified atom stereocenters. The molecule has 2 aromatic heterocycles. The molecule has 0 saturated heterocycles. The van der Waals surface area contributed by atoms with E-state index >= 15 is 0 Å². The molecule has 2 rings (SSSR count). The molecule has 0 atom stereocenters. The van der Waals surface area contributed by atoms with E-state index in [0.29, 0.717) is 5.56 Å². The lowest BCUT2D eigenvalue weighted by Gasteiger charge is -2.24.